The third-order valence-corrected chi connectivity index (χ3v) is 4.82. The van der Waals surface area contributed by atoms with Gasteiger partial charge in [-0.2, -0.15) is 5.26 Å². The number of nitrogens with two attached hydrogens (primary N) is 1. The topological polar surface area (TPSA) is 108 Å². The Hall–Kier alpha value is -2.27. The van der Waals surface area contributed by atoms with Gasteiger partial charge >= 0.3 is 0 Å². The molecule has 0 radical (unpaired) electrons. The van der Waals surface area contributed by atoms with Crippen LogP contribution in [0.25, 0.3) is 11.0 Å². The molecule has 3 heterocycles. The number of nitrogens with zero attached hydrogens (tertiary/aromatic N) is 4. The van der Waals surface area contributed by atoms with Gasteiger partial charge in [-0.15, -0.1) is 0 Å². The molecule has 3 N–H and O–H groups in total. The van der Waals surface area contributed by atoms with Crippen LogP contribution < -0.4 is 11.3 Å². The average molecular weight is 327 g/mol. The number of β-amino-alcohol motifs (C(OH)–C–C–N with tert-alkyl or cyclic N) is 1. The maximum atomic E-state index is 12.0. The summed E-state index contributed by atoms with van der Waals surface area (Å²) in [7, 11) is 1.70. The minimum atomic E-state index is -0.399. The van der Waals surface area contributed by atoms with Gasteiger partial charge in [0.2, 0.25) is 0 Å². The van der Waals surface area contributed by atoms with E-state index in [0.717, 1.165) is 12.1 Å². The van der Waals surface area contributed by atoms with Crippen LogP contribution in [0.15, 0.2) is 23.1 Å². The van der Waals surface area contributed by atoms with Crippen LogP contribution in [0.5, 0.6) is 0 Å². The van der Waals surface area contributed by atoms with Gasteiger partial charge in [-0.05, 0) is 24.6 Å². The summed E-state index contributed by atoms with van der Waals surface area (Å²) in [5, 5.41) is 19.4. The fourth-order valence-electron chi connectivity index (χ4n) is 3.40. The van der Waals surface area contributed by atoms with Crippen molar-refractivity contribution in [1.29, 1.82) is 5.26 Å². The molecule has 1 aliphatic heterocycles. The van der Waals surface area contributed by atoms with Gasteiger partial charge in [-0.1, -0.05) is 0 Å². The lowest BCUT2D eigenvalue weighted by molar-refractivity contribution is 0.144. The lowest BCUT2D eigenvalue weighted by Crippen LogP contribution is -2.26. The van der Waals surface area contributed by atoms with Gasteiger partial charge in [0, 0.05) is 44.9 Å². The molecule has 0 unspecified atom stereocenters. The Labute approximate surface area is 139 Å². The predicted molar refractivity (Wildman–Crippen MR) is 90.4 cm³/mol. The number of hydrogen-bond acceptors (Lipinski definition) is 6. The number of rotatable bonds is 4. The summed E-state index contributed by atoms with van der Waals surface area (Å²) in [5.74, 6) is 0.0963. The Morgan fingerprint density at radius 3 is 2.92 bits per heavy atom. The van der Waals surface area contributed by atoms with E-state index in [4.69, 9.17) is 5.73 Å². The molecule has 2 atom stereocenters. The Balaban J connectivity index is 1.93. The van der Waals surface area contributed by atoms with E-state index in [1.807, 2.05) is 0 Å². The van der Waals surface area contributed by atoms with E-state index in [0.29, 0.717) is 42.7 Å². The van der Waals surface area contributed by atoms with E-state index in [1.165, 1.54) is 6.07 Å². The first-order valence-corrected chi connectivity index (χ1v) is 8.03. The third-order valence-electron chi connectivity index (χ3n) is 4.82. The number of aliphatic hydroxyl groups excluding tert-OH is 1. The van der Waals surface area contributed by atoms with Crippen molar-refractivity contribution in [1.82, 2.24) is 14.5 Å². The number of aliphatic hydroxyl groups is 1. The molecule has 1 saturated heterocycles. The van der Waals surface area contributed by atoms with Crippen LogP contribution in [0.1, 0.15) is 11.1 Å². The van der Waals surface area contributed by atoms with Crippen LogP contribution in [0, 0.1) is 17.2 Å². The van der Waals surface area contributed by atoms with Crippen LogP contribution in [0.2, 0.25) is 0 Å². The molecule has 0 amide bonds. The summed E-state index contributed by atoms with van der Waals surface area (Å²) in [5.41, 5.74) is 8.27. The molecule has 2 aromatic rings. The average Bonchev–Trinajstić information content (AvgIpc) is 2.95. The molecule has 2 aromatic heterocycles. The summed E-state index contributed by atoms with van der Waals surface area (Å²) >= 11 is 0. The number of nitriles is 1. The van der Waals surface area contributed by atoms with Gasteiger partial charge < -0.3 is 20.3 Å². The second-order valence-corrected chi connectivity index (χ2v) is 6.30. The van der Waals surface area contributed by atoms with Crippen molar-refractivity contribution < 1.29 is 5.11 Å². The van der Waals surface area contributed by atoms with Crippen molar-refractivity contribution in [2.24, 2.45) is 18.7 Å². The zero-order valence-electron chi connectivity index (χ0n) is 13.6. The van der Waals surface area contributed by atoms with Crippen LogP contribution in [0.3, 0.4) is 0 Å². The molecule has 126 valence electrons. The van der Waals surface area contributed by atoms with Crippen LogP contribution in [0.4, 0.5) is 0 Å². The second kappa shape index (κ2) is 6.69. The van der Waals surface area contributed by atoms with E-state index in [1.54, 1.807) is 23.9 Å². The van der Waals surface area contributed by atoms with Crippen molar-refractivity contribution in [3.05, 3.63) is 39.8 Å². The van der Waals surface area contributed by atoms with E-state index >= 15 is 0 Å². The SMILES string of the molecule is Cn1c(=O)ccc2ncc(C#N)c(CCN3C[C@H](CN)[C@H](O)C3)c21. The highest BCUT2D eigenvalue weighted by atomic mass is 16.3. The first-order chi connectivity index (χ1) is 11.5. The predicted octanol–water partition coefficient (Wildman–Crippen LogP) is -0.401. The molecule has 0 aliphatic carbocycles. The number of fused-ring (bicyclic) bond motifs is 1. The molecular weight excluding hydrogens is 306 g/mol. The molecule has 1 aliphatic rings. The van der Waals surface area contributed by atoms with Crippen LogP contribution >= 0.6 is 0 Å². The summed E-state index contributed by atoms with van der Waals surface area (Å²) in [6, 6.07) is 5.34. The zero-order chi connectivity index (χ0) is 17.3. The Bertz CT molecular complexity index is 854. The quantitative estimate of drug-likeness (QED) is 0.791. The van der Waals surface area contributed by atoms with Crippen molar-refractivity contribution in [2.45, 2.75) is 12.5 Å². The lowest BCUT2D eigenvalue weighted by Gasteiger charge is -2.17. The molecule has 3 rings (SSSR count). The van der Waals surface area contributed by atoms with Gasteiger partial charge in [-0.3, -0.25) is 9.78 Å². The lowest BCUT2D eigenvalue weighted by atomic mass is 10.0. The van der Waals surface area contributed by atoms with Crippen LogP contribution in [-0.2, 0) is 13.5 Å². The monoisotopic (exact) mass is 327 g/mol. The molecule has 0 saturated carbocycles. The van der Waals surface area contributed by atoms with E-state index in [-0.39, 0.29) is 11.5 Å². The number of hydrogen-bond donors (Lipinski definition) is 2. The number of aryl methyl sites for hydroxylation is 1. The zero-order valence-corrected chi connectivity index (χ0v) is 13.6. The van der Waals surface area contributed by atoms with Gasteiger partial charge in [0.05, 0.1) is 22.7 Å². The standard InChI is InChI=1S/C17H21N5O2/c1-21-16(24)3-2-14-17(21)13(11(6-18)8-20-14)4-5-22-9-12(7-19)15(23)10-22/h2-3,8,12,15,23H,4-5,7,9-10,19H2,1H3/t12-,15+/m0/s1. The first-order valence-electron chi connectivity index (χ1n) is 8.03. The molecule has 0 spiro atoms. The van der Waals surface area contributed by atoms with Crippen molar-refractivity contribution >= 4 is 11.0 Å². The van der Waals surface area contributed by atoms with Gasteiger partial charge in [-0.25, -0.2) is 0 Å². The molecule has 7 nitrogen and oxygen atoms in total. The van der Waals surface area contributed by atoms with Crippen molar-refractivity contribution in [3.8, 4) is 6.07 Å². The Morgan fingerprint density at radius 1 is 1.46 bits per heavy atom. The molecular formula is C17H21N5O2. The largest absolute Gasteiger partial charge is 0.391 e. The Kier molecular flexibility index (Phi) is 4.62. The molecule has 1 fully saturated rings. The molecule has 7 heteroatoms. The summed E-state index contributed by atoms with van der Waals surface area (Å²) in [4.78, 5) is 18.4. The summed E-state index contributed by atoms with van der Waals surface area (Å²) in [6.07, 6.45) is 1.77. The van der Waals surface area contributed by atoms with Gasteiger partial charge in [0.15, 0.2) is 0 Å². The van der Waals surface area contributed by atoms with Gasteiger partial charge in [0.1, 0.15) is 6.07 Å². The minimum absolute atomic E-state index is 0.0963. The minimum Gasteiger partial charge on any atom is -0.391 e. The number of aromatic nitrogens is 2. The molecule has 0 aromatic carbocycles. The summed E-state index contributed by atoms with van der Waals surface area (Å²) < 4.78 is 1.54. The van der Waals surface area contributed by atoms with E-state index in [2.05, 4.69) is 16.0 Å². The third kappa shape index (κ3) is 2.91. The fraction of sp³-hybridized carbons (Fsp3) is 0.471. The second-order valence-electron chi connectivity index (χ2n) is 6.30. The first kappa shape index (κ1) is 16.6. The Morgan fingerprint density at radius 2 is 2.25 bits per heavy atom. The number of pyridine rings is 2. The highest BCUT2D eigenvalue weighted by molar-refractivity contribution is 5.80. The van der Waals surface area contributed by atoms with Crippen molar-refractivity contribution in [2.75, 3.05) is 26.2 Å². The van der Waals surface area contributed by atoms with Crippen LogP contribution in [-0.4, -0.2) is 51.8 Å². The number of likely N-dealkylation sites (tertiary alicyclic amines) is 1. The smallest absolute Gasteiger partial charge is 0.250 e. The van der Waals surface area contributed by atoms with E-state index < -0.39 is 6.10 Å². The fourth-order valence-corrected chi connectivity index (χ4v) is 3.40. The highest BCUT2D eigenvalue weighted by Gasteiger charge is 2.30. The van der Waals surface area contributed by atoms with Crippen molar-refractivity contribution in [3.63, 3.8) is 0 Å². The van der Waals surface area contributed by atoms with E-state index in [9.17, 15) is 15.2 Å². The molecule has 24 heavy (non-hydrogen) atoms. The maximum absolute atomic E-state index is 12.0. The molecule has 0 bridgehead atoms. The maximum Gasteiger partial charge on any atom is 0.250 e. The normalized spacial score (nSPS) is 21.2. The van der Waals surface area contributed by atoms with Gasteiger partial charge in [0.25, 0.3) is 5.56 Å². The highest BCUT2D eigenvalue weighted by Crippen LogP contribution is 2.21. The summed E-state index contributed by atoms with van der Waals surface area (Å²) in [6.45, 7) is 2.51.